The minimum absolute atomic E-state index is 0.0824. The Labute approximate surface area is 154 Å². The van der Waals surface area contributed by atoms with E-state index >= 15 is 0 Å². The average Bonchev–Trinajstić information content (AvgIpc) is 3.59. The smallest absolute Gasteiger partial charge is 0.223 e. The van der Waals surface area contributed by atoms with Crippen molar-refractivity contribution >= 4 is 11.8 Å². The zero-order valence-corrected chi connectivity index (χ0v) is 14.7. The predicted octanol–water partition coefficient (Wildman–Crippen LogP) is 2.83. The third-order valence-electron chi connectivity index (χ3n) is 5.43. The molecule has 134 valence electrons. The maximum atomic E-state index is 12.2. The fraction of sp³-hybridized carbons (Fsp3) is 0.364. The molecule has 4 nitrogen and oxygen atoms in total. The first kappa shape index (κ1) is 16.8. The van der Waals surface area contributed by atoms with Crippen LogP contribution in [0.2, 0.25) is 0 Å². The van der Waals surface area contributed by atoms with Crippen LogP contribution in [0.3, 0.4) is 0 Å². The molecule has 2 amide bonds. The molecule has 2 N–H and O–H groups in total. The zero-order chi connectivity index (χ0) is 17.9. The normalized spacial score (nSPS) is 26.0. The lowest BCUT2D eigenvalue weighted by atomic mass is 10.1. The molecule has 0 saturated heterocycles. The van der Waals surface area contributed by atoms with Gasteiger partial charge in [0.15, 0.2) is 0 Å². The maximum Gasteiger partial charge on any atom is 0.223 e. The van der Waals surface area contributed by atoms with Gasteiger partial charge in [0.2, 0.25) is 11.8 Å². The molecule has 2 aliphatic carbocycles. The van der Waals surface area contributed by atoms with Gasteiger partial charge in [0, 0.05) is 24.9 Å². The van der Waals surface area contributed by atoms with E-state index in [-0.39, 0.29) is 23.7 Å². The van der Waals surface area contributed by atoms with Crippen LogP contribution in [0.4, 0.5) is 0 Å². The highest BCUT2D eigenvalue weighted by atomic mass is 16.2. The van der Waals surface area contributed by atoms with Gasteiger partial charge < -0.3 is 10.6 Å². The number of nitrogens with one attached hydrogen (secondary N) is 2. The summed E-state index contributed by atoms with van der Waals surface area (Å²) in [5.41, 5.74) is 2.48. The lowest BCUT2D eigenvalue weighted by molar-refractivity contribution is -0.124. The van der Waals surface area contributed by atoms with Gasteiger partial charge in [0.25, 0.3) is 0 Å². The first-order valence-corrected chi connectivity index (χ1v) is 9.39. The SMILES string of the molecule is O=C(NCCNC(=O)[C@@H]1C[C@H]1c1ccccc1)[C@@H]1C[C@@H]1c1ccccc1. The number of rotatable bonds is 7. The Hall–Kier alpha value is -2.62. The quantitative estimate of drug-likeness (QED) is 0.756. The first-order valence-electron chi connectivity index (χ1n) is 9.39. The molecule has 0 spiro atoms. The summed E-state index contributed by atoms with van der Waals surface area (Å²) in [5, 5.41) is 5.90. The summed E-state index contributed by atoms with van der Waals surface area (Å²) in [5.74, 6) is 1.06. The molecule has 2 saturated carbocycles. The van der Waals surface area contributed by atoms with Crippen molar-refractivity contribution in [2.75, 3.05) is 13.1 Å². The van der Waals surface area contributed by atoms with Crippen LogP contribution in [0, 0.1) is 11.8 Å². The van der Waals surface area contributed by atoms with Crippen molar-refractivity contribution in [1.29, 1.82) is 0 Å². The molecule has 0 aromatic heterocycles. The van der Waals surface area contributed by atoms with Gasteiger partial charge in [-0.1, -0.05) is 60.7 Å². The van der Waals surface area contributed by atoms with E-state index in [0.717, 1.165) is 12.8 Å². The number of carbonyl (C=O) groups excluding carboxylic acids is 2. The van der Waals surface area contributed by atoms with E-state index in [1.165, 1.54) is 11.1 Å². The average molecular weight is 348 g/mol. The highest BCUT2D eigenvalue weighted by molar-refractivity contribution is 5.84. The fourth-order valence-corrected chi connectivity index (χ4v) is 3.74. The molecule has 0 bridgehead atoms. The summed E-state index contributed by atoms with van der Waals surface area (Å²) < 4.78 is 0. The van der Waals surface area contributed by atoms with Gasteiger partial charge in [-0.3, -0.25) is 9.59 Å². The van der Waals surface area contributed by atoms with Crippen LogP contribution < -0.4 is 10.6 Å². The third kappa shape index (κ3) is 3.79. The van der Waals surface area contributed by atoms with E-state index in [2.05, 4.69) is 34.9 Å². The lowest BCUT2D eigenvalue weighted by Crippen LogP contribution is -2.36. The molecule has 4 rings (SSSR count). The second-order valence-corrected chi connectivity index (χ2v) is 7.30. The number of benzene rings is 2. The molecule has 0 unspecified atom stereocenters. The largest absolute Gasteiger partial charge is 0.354 e. The van der Waals surface area contributed by atoms with E-state index < -0.39 is 0 Å². The van der Waals surface area contributed by atoms with Crippen molar-refractivity contribution in [2.45, 2.75) is 24.7 Å². The summed E-state index contributed by atoms with van der Waals surface area (Å²) in [6.07, 6.45) is 1.84. The molecule has 2 aromatic carbocycles. The van der Waals surface area contributed by atoms with E-state index in [4.69, 9.17) is 0 Å². The molecule has 0 radical (unpaired) electrons. The Kier molecular flexibility index (Phi) is 4.74. The van der Waals surface area contributed by atoms with Crippen molar-refractivity contribution in [1.82, 2.24) is 10.6 Å². The molecule has 0 aliphatic heterocycles. The third-order valence-corrected chi connectivity index (χ3v) is 5.43. The van der Waals surface area contributed by atoms with Crippen LogP contribution in [0.15, 0.2) is 60.7 Å². The van der Waals surface area contributed by atoms with Crippen LogP contribution in [-0.4, -0.2) is 24.9 Å². The van der Waals surface area contributed by atoms with Crippen LogP contribution in [0.1, 0.15) is 35.8 Å². The van der Waals surface area contributed by atoms with Crippen LogP contribution in [0.25, 0.3) is 0 Å². The molecule has 4 atom stereocenters. The molecular weight excluding hydrogens is 324 g/mol. The highest BCUT2D eigenvalue weighted by Gasteiger charge is 2.44. The highest BCUT2D eigenvalue weighted by Crippen LogP contribution is 2.48. The zero-order valence-electron chi connectivity index (χ0n) is 14.7. The lowest BCUT2D eigenvalue weighted by Gasteiger charge is -2.07. The summed E-state index contributed by atoms with van der Waals surface area (Å²) >= 11 is 0. The Morgan fingerprint density at radius 1 is 0.692 bits per heavy atom. The number of amides is 2. The summed E-state index contributed by atoms with van der Waals surface area (Å²) in [6, 6.07) is 20.4. The molecule has 26 heavy (non-hydrogen) atoms. The van der Waals surface area contributed by atoms with E-state index in [9.17, 15) is 9.59 Å². The monoisotopic (exact) mass is 348 g/mol. The summed E-state index contributed by atoms with van der Waals surface area (Å²) in [4.78, 5) is 24.4. The molecule has 4 heteroatoms. The van der Waals surface area contributed by atoms with Gasteiger partial charge in [-0.2, -0.15) is 0 Å². The van der Waals surface area contributed by atoms with Crippen LogP contribution in [-0.2, 0) is 9.59 Å². The van der Waals surface area contributed by atoms with Crippen molar-refractivity contribution in [3.8, 4) is 0 Å². The standard InChI is InChI=1S/C22H24N2O2/c25-21(19-13-17(19)15-7-3-1-4-8-15)23-11-12-24-22(26)20-14-18(20)16-9-5-2-6-10-16/h1-10,17-20H,11-14H2,(H,23,25)(H,24,26)/t17-,18+,19-,20-/m1/s1. The van der Waals surface area contributed by atoms with E-state index in [0.29, 0.717) is 24.9 Å². The topological polar surface area (TPSA) is 58.2 Å². The fourth-order valence-electron chi connectivity index (χ4n) is 3.74. The Morgan fingerprint density at radius 2 is 1.08 bits per heavy atom. The molecular formula is C22H24N2O2. The second kappa shape index (κ2) is 7.32. The Morgan fingerprint density at radius 3 is 1.46 bits per heavy atom. The Balaban J connectivity index is 1.14. The Bertz CT molecular complexity index is 708. The van der Waals surface area contributed by atoms with Crippen LogP contribution >= 0.6 is 0 Å². The summed E-state index contributed by atoms with van der Waals surface area (Å²) in [6.45, 7) is 0.983. The number of carbonyl (C=O) groups is 2. The molecule has 0 heterocycles. The van der Waals surface area contributed by atoms with Gasteiger partial charge in [0.1, 0.15) is 0 Å². The van der Waals surface area contributed by atoms with Crippen molar-refractivity contribution in [3.05, 3.63) is 71.8 Å². The van der Waals surface area contributed by atoms with Crippen molar-refractivity contribution in [3.63, 3.8) is 0 Å². The minimum Gasteiger partial charge on any atom is -0.354 e. The first-order chi connectivity index (χ1) is 12.7. The summed E-state index contributed by atoms with van der Waals surface area (Å²) in [7, 11) is 0. The number of hydrogen-bond acceptors (Lipinski definition) is 2. The molecule has 2 aliphatic rings. The van der Waals surface area contributed by atoms with Gasteiger partial charge in [-0.25, -0.2) is 0 Å². The van der Waals surface area contributed by atoms with Gasteiger partial charge in [-0.05, 0) is 35.8 Å². The predicted molar refractivity (Wildman–Crippen MR) is 101 cm³/mol. The van der Waals surface area contributed by atoms with Crippen molar-refractivity contribution in [2.24, 2.45) is 11.8 Å². The van der Waals surface area contributed by atoms with E-state index in [1.807, 2.05) is 36.4 Å². The van der Waals surface area contributed by atoms with Gasteiger partial charge in [-0.15, -0.1) is 0 Å². The molecule has 2 fully saturated rings. The van der Waals surface area contributed by atoms with Crippen LogP contribution in [0.5, 0.6) is 0 Å². The second-order valence-electron chi connectivity index (χ2n) is 7.30. The van der Waals surface area contributed by atoms with Gasteiger partial charge >= 0.3 is 0 Å². The van der Waals surface area contributed by atoms with Crippen molar-refractivity contribution < 1.29 is 9.59 Å². The minimum atomic E-state index is 0.0824. The van der Waals surface area contributed by atoms with Gasteiger partial charge in [0.05, 0.1) is 0 Å². The maximum absolute atomic E-state index is 12.2. The number of hydrogen-bond donors (Lipinski definition) is 2. The molecule has 2 aromatic rings. The van der Waals surface area contributed by atoms with E-state index in [1.54, 1.807) is 0 Å².